The molecular weight excluding hydrogens is 326 g/mol. The van der Waals surface area contributed by atoms with Gasteiger partial charge in [0.05, 0.1) is 7.11 Å². The quantitative estimate of drug-likeness (QED) is 0.867. The van der Waals surface area contributed by atoms with Gasteiger partial charge in [-0.15, -0.1) is 0 Å². The van der Waals surface area contributed by atoms with E-state index in [0.717, 1.165) is 17.7 Å². The molecule has 3 unspecified atom stereocenters. The number of aromatic nitrogens is 1. The first kappa shape index (κ1) is 15.5. The van der Waals surface area contributed by atoms with Gasteiger partial charge in [-0.1, -0.05) is 0 Å². The molecule has 2 aliphatic heterocycles. The van der Waals surface area contributed by atoms with Crippen molar-refractivity contribution in [3.63, 3.8) is 0 Å². The summed E-state index contributed by atoms with van der Waals surface area (Å²) in [5, 5.41) is 7.19. The third-order valence-corrected chi connectivity index (χ3v) is 5.47. The number of rotatable bonds is 5. The molecule has 126 valence electrons. The lowest BCUT2D eigenvalue weighted by atomic mass is 9.95. The van der Waals surface area contributed by atoms with E-state index < -0.39 is 0 Å². The summed E-state index contributed by atoms with van der Waals surface area (Å²) in [5.41, 5.74) is 0.673. The van der Waals surface area contributed by atoms with Gasteiger partial charge in [0.25, 0.3) is 11.1 Å². The van der Waals surface area contributed by atoms with Gasteiger partial charge in [-0.25, -0.2) is 4.98 Å². The van der Waals surface area contributed by atoms with Gasteiger partial charge < -0.3 is 19.8 Å². The molecule has 1 amide bonds. The first-order valence-electron chi connectivity index (χ1n) is 8.06. The number of carbonyl (C=O) groups excluding carboxylic acids is 1. The van der Waals surface area contributed by atoms with E-state index in [2.05, 4.69) is 15.6 Å². The molecular formula is C17H19N3O3S. The molecule has 0 saturated carbocycles. The predicted octanol–water partition coefficient (Wildman–Crippen LogP) is 2.46. The van der Waals surface area contributed by atoms with Crippen molar-refractivity contribution in [3.8, 4) is 5.95 Å². The highest BCUT2D eigenvalue weighted by Gasteiger charge is 2.39. The van der Waals surface area contributed by atoms with Crippen LogP contribution in [0.2, 0.25) is 0 Å². The van der Waals surface area contributed by atoms with Gasteiger partial charge in [0, 0.05) is 28.6 Å². The van der Waals surface area contributed by atoms with Gasteiger partial charge in [-0.3, -0.25) is 4.79 Å². The number of methoxy groups -OCH3 is 1. The average molecular weight is 345 g/mol. The molecule has 2 aromatic rings. The van der Waals surface area contributed by atoms with E-state index in [4.69, 9.17) is 9.15 Å². The van der Waals surface area contributed by atoms with Gasteiger partial charge in [0.15, 0.2) is 0 Å². The maximum absolute atomic E-state index is 12.4. The lowest BCUT2D eigenvalue weighted by Gasteiger charge is -2.21. The van der Waals surface area contributed by atoms with Crippen molar-refractivity contribution >= 4 is 17.7 Å². The largest absolute Gasteiger partial charge is 0.467 e. The second-order valence-corrected chi connectivity index (χ2v) is 7.16. The van der Waals surface area contributed by atoms with Crippen LogP contribution in [0.3, 0.4) is 0 Å². The van der Waals surface area contributed by atoms with E-state index in [9.17, 15) is 4.79 Å². The summed E-state index contributed by atoms with van der Waals surface area (Å²) in [5.74, 6) is 0.372. The third-order valence-electron chi connectivity index (χ3n) is 4.60. The summed E-state index contributed by atoms with van der Waals surface area (Å²) in [6.45, 7) is 0. The fraction of sp³-hybridized carbons (Fsp3) is 0.412. The first-order valence-corrected chi connectivity index (χ1v) is 8.87. The van der Waals surface area contributed by atoms with E-state index >= 15 is 0 Å². The molecule has 2 bridgehead atoms. The van der Waals surface area contributed by atoms with Crippen LogP contribution >= 0.6 is 11.8 Å². The molecule has 0 aliphatic carbocycles. The van der Waals surface area contributed by atoms with Crippen LogP contribution in [-0.2, 0) is 0 Å². The molecule has 2 aliphatic rings. The predicted molar refractivity (Wildman–Crippen MR) is 89.4 cm³/mol. The van der Waals surface area contributed by atoms with E-state index in [-0.39, 0.29) is 11.9 Å². The van der Waals surface area contributed by atoms with Crippen LogP contribution in [0.25, 0.3) is 0 Å². The highest BCUT2D eigenvalue weighted by molar-refractivity contribution is 7.99. The number of fused-ring (bicyclic) bond motifs is 2. The summed E-state index contributed by atoms with van der Waals surface area (Å²) in [6, 6.07) is 8.73. The van der Waals surface area contributed by atoms with Crippen molar-refractivity contribution in [1.29, 1.82) is 0 Å². The van der Waals surface area contributed by atoms with E-state index in [1.54, 1.807) is 0 Å². The minimum absolute atomic E-state index is 0.0105. The van der Waals surface area contributed by atoms with E-state index in [0.29, 0.717) is 28.8 Å². The van der Waals surface area contributed by atoms with E-state index in [1.807, 2.05) is 24.3 Å². The van der Waals surface area contributed by atoms with Crippen molar-refractivity contribution in [2.75, 3.05) is 7.11 Å². The zero-order valence-electron chi connectivity index (χ0n) is 13.3. The standard InChI is InChI=1S/C17H19N3O3S/c1-22-15-9-18-17(23-15)24-12-5-2-10(3-6-12)16(21)20-14-8-11-4-7-13(14)19-11/h2-3,5-6,9,11,13-14,19H,4,7-8H2,1H3,(H,20,21). The number of carbonyl (C=O) groups is 1. The molecule has 0 spiro atoms. The van der Waals surface area contributed by atoms with Gasteiger partial charge in [-0.2, -0.15) is 0 Å². The van der Waals surface area contributed by atoms with Crippen LogP contribution in [0.15, 0.2) is 45.0 Å². The van der Waals surface area contributed by atoms with Crippen LogP contribution in [0.1, 0.15) is 29.6 Å². The van der Waals surface area contributed by atoms with Crippen LogP contribution < -0.4 is 15.4 Å². The van der Waals surface area contributed by atoms with Gasteiger partial charge in [0.2, 0.25) is 0 Å². The summed E-state index contributed by atoms with van der Waals surface area (Å²) in [4.78, 5) is 17.5. The Balaban J connectivity index is 1.37. The number of benzene rings is 1. The van der Waals surface area contributed by atoms with Crippen LogP contribution in [0, 0.1) is 0 Å². The Labute approximate surface area is 144 Å². The van der Waals surface area contributed by atoms with Crippen LogP contribution in [0.4, 0.5) is 0 Å². The summed E-state index contributed by atoms with van der Waals surface area (Å²) in [7, 11) is 1.54. The number of hydrogen-bond donors (Lipinski definition) is 2. The highest BCUT2D eigenvalue weighted by atomic mass is 32.2. The SMILES string of the molecule is COc1cnc(Sc2ccc(C(=O)NC3CC4CCC3N4)cc2)o1. The normalized spacial score (nSPS) is 25.0. The van der Waals surface area contributed by atoms with Crippen molar-refractivity contribution in [3.05, 3.63) is 36.0 Å². The molecule has 4 rings (SSSR count). The summed E-state index contributed by atoms with van der Waals surface area (Å²) in [6.07, 6.45) is 4.96. The summed E-state index contributed by atoms with van der Waals surface area (Å²) < 4.78 is 10.3. The number of nitrogens with one attached hydrogen (secondary N) is 2. The maximum Gasteiger partial charge on any atom is 0.305 e. The molecule has 2 saturated heterocycles. The van der Waals surface area contributed by atoms with Gasteiger partial charge in [0.1, 0.15) is 6.20 Å². The second-order valence-electron chi connectivity index (χ2n) is 6.14. The number of amides is 1. The number of oxazole rings is 1. The molecule has 1 aromatic carbocycles. The molecule has 2 N–H and O–H groups in total. The van der Waals surface area contributed by atoms with Crippen molar-refractivity contribution in [2.45, 2.75) is 47.5 Å². The smallest absolute Gasteiger partial charge is 0.305 e. The molecule has 1 aromatic heterocycles. The Morgan fingerprint density at radius 1 is 1.38 bits per heavy atom. The third kappa shape index (κ3) is 3.14. The number of ether oxygens (including phenoxy) is 1. The van der Waals surface area contributed by atoms with Crippen molar-refractivity contribution in [2.24, 2.45) is 0 Å². The number of nitrogens with zero attached hydrogens (tertiary/aromatic N) is 1. The molecule has 3 heterocycles. The Morgan fingerprint density at radius 3 is 2.83 bits per heavy atom. The second kappa shape index (κ2) is 6.49. The average Bonchev–Trinajstić information content (AvgIpc) is 3.32. The molecule has 0 radical (unpaired) electrons. The van der Waals surface area contributed by atoms with Crippen LogP contribution in [-0.4, -0.2) is 36.1 Å². The maximum atomic E-state index is 12.4. The Hall–Kier alpha value is -1.99. The van der Waals surface area contributed by atoms with Gasteiger partial charge in [-0.05, 0) is 55.3 Å². The zero-order valence-corrected chi connectivity index (χ0v) is 14.1. The minimum Gasteiger partial charge on any atom is -0.467 e. The Bertz CT molecular complexity index is 731. The minimum atomic E-state index is -0.0105. The molecule has 24 heavy (non-hydrogen) atoms. The topological polar surface area (TPSA) is 76.4 Å². The lowest BCUT2D eigenvalue weighted by Crippen LogP contribution is -2.42. The first-order chi connectivity index (χ1) is 11.7. The Kier molecular flexibility index (Phi) is 4.20. The molecule has 3 atom stereocenters. The molecule has 7 heteroatoms. The number of hydrogen-bond acceptors (Lipinski definition) is 6. The molecule has 2 fully saturated rings. The van der Waals surface area contributed by atoms with Crippen LogP contribution in [0.5, 0.6) is 5.95 Å². The van der Waals surface area contributed by atoms with E-state index in [1.165, 1.54) is 31.5 Å². The molecule has 6 nitrogen and oxygen atoms in total. The monoisotopic (exact) mass is 345 g/mol. The summed E-state index contributed by atoms with van der Waals surface area (Å²) >= 11 is 1.39. The van der Waals surface area contributed by atoms with Crippen molar-refractivity contribution in [1.82, 2.24) is 15.6 Å². The van der Waals surface area contributed by atoms with Gasteiger partial charge >= 0.3 is 5.95 Å². The van der Waals surface area contributed by atoms with Crippen molar-refractivity contribution < 1.29 is 13.9 Å². The fourth-order valence-electron chi connectivity index (χ4n) is 3.40. The highest BCUT2D eigenvalue weighted by Crippen LogP contribution is 2.30. The zero-order chi connectivity index (χ0) is 16.5. The fourth-order valence-corrected chi connectivity index (χ4v) is 4.10. The lowest BCUT2D eigenvalue weighted by molar-refractivity contribution is 0.0931. The Morgan fingerprint density at radius 2 is 2.21 bits per heavy atom.